The molecule has 2 aromatic rings. The molecule has 25 heavy (non-hydrogen) atoms. The maximum atomic E-state index is 12.2. The van der Waals surface area contributed by atoms with E-state index in [0.29, 0.717) is 19.3 Å². The number of aryl methyl sites for hydroxylation is 1. The molecular weight excluding hydrogens is 318 g/mol. The van der Waals surface area contributed by atoms with Crippen LogP contribution >= 0.6 is 0 Å². The van der Waals surface area contributed by atoms with Crippen molar-refractivity contribution in [2.45, 2.75) is 32.2 Å². The molecule has 0 saturated heterocycles. The lowest BCUT2D eigenvalue weighted by Crippen LogP contribution is -2.43. The van der Waals surface area contributed by atoms with Gasteiger partial charge in [0.2, 0.25) is 5.91 Å². The van der Waals surface area contributed by atoms with E-state index in [-0.39, 0.29) is 18.3 Å². The van der Waals surface area contributed by atoms with Gasteiger partial charge >= 0.3 is 5.97 Å². The third kappa shape index (κ3) is 6.30. The Morgan fingerprint density at radius 2 is 1.72 bits per heavy atom. The summed E-state index contributed by atoms with van der Waals surface area (Å²) in [6, 6.07) is 15.5. The molecule has 0 bridgehead atoms. The second-order valence-corrected chi connectivity index (χ2v) is 5.73. The van der Waals surface area contributed by atoms with Gasteiger partial charge in [-0.3, -0.25) is 4.79 Å². The second kappa shape index (κ2) is 9.47. The molecule has 0 saturated carbocycles. The molecule has 0 heterocycles. The smallest absolute Gasteiger partial charge is 0.328 e. The van der Waals surface area contributed by atoms with Crippen molar-refractivity contribution in [3.05, 3.63) is 65.7 Å². The predicted molar refractivity (Wildman–Crippen MR) is 95.1 cm³/mol. The first-order valence-corrected chi connectivity index (χ1v) is 8.36. The molecule has 0 aromatic heterocycles. The van der Waals surface area contributed by atoms with E-state index in [1.165, 1.54) is 0 Å². The summed E-state index contributed by atoms with van der Waals surface area (Å²) < 4.78 is 5.06. The molecule has 1 amide bonds. The van der Waals surface area contributed by atoms with E-state index >= 15 is 0 Å². The molecule has 2 aromatic carbocycles. The van der Waals surface area contributed by atoms with Gasteiger partial charge in [-0.05, 0) is 36.6 Å². The van der Waals surface area contributed by atoms with Gasteiger partial charge in [0.05, 0.1) is 6.61 Å². The topological polar surface area (TPSA) is 75.6 Å². The van der Waals surface area contributed by atoms with Gasteiger partial charge in [-0.2, -0.15) is 0 Å². The van der Waals surface area contributed by atoms with Gasteiger partial charge in [0.25, 0.3) is 0 Å². The van der Waals surface area contributed by atoms with E-state index in [1.54, 1.807) is 31.2 Å². The van der Waals surface area contributed by atoms with Crippen molar-refractivity contribution in [2.75, 3.05) is 6.61 Å². The van der Waals surface area contributed by atoms with E-state index in [9.17, 15) is 14.7 Å². The summed E-state index contributed by atoms with van der Waals surface area (Å²) >= 11 is 0. The minimum absolute atomic E-state index is 0.156. The zero-order valence-corrected chi connectivity index (χ0v) is 14.3. The molecule has 132 valence electrons. The van der Waals surface area contributed by atoms with Crippen LogP contribution < -0.4 is 5.32 Å². The summed E-state index contributed by atoms with van der Waals surface area (Å²) in [4.78, 5) is 24.4. The lowest BCUT2D eigenvalue weighted by Gasteiger charge is -2.17. The number of hydrogen-bond acceptors (Lipinski definition) is 4. The molecule has 1 atom stereocenters. The Labute approximate surface area is 147 Å². The third-order valence-corrected chi connectivity index (χ3v) is 3.77. The van der Waals surface area contributed by atoms with Crippen molar-refractivity contribution in [3.63, 3.8) is 0 Å². The minimum Gasteiger partial charge on any atom is -0.508 e. The van der Waals surface area contributed by atoms with E-state index < -0.39 is 12.0 Å². The van der Waals surface area contributed by atoms with Crippen molar-refractivity contribution in [1.82, 2.24) is 5.32 Å². The molecule has 0 unspecified atom stereocenters. The normalized spacial score (nSPS) is 11.6. The van der Waals surface area contributed by atoms with Crippen LogP contribution in [0.3, 0.4) is 0 Å². The van der Waals surface area contributed by atoms with Gasteiger partial charge in [0, 0.05) is 12.8 Å². The monoisotopic (exact) mass is 341 g/mol. The zero-order chi connectivity index (χ0) is 18.1. The highest BCUT2D eigenvalue weighted by molar-refractivity contribution is 5.84. The Hall–Kier alpha value is -2.82. The first kappa shape index (κ1) is 18.5. The Morgan fingerprint density at radius 3 is 2.36 bits per heavy atom. The highest BCUT2D eigenvalue weighted by Crippen LogP contribution is 2.12. The maximum absolute atomic E-state index is 12.2. The number of amides is 1. The summed E-state index contributed by atoms with van der Waals surface area (Å²) in [5, 5.41) is 12.1. The standard InChI is InChI=1S/C20H23NO4/c1-2-25-20(24)18(14-16-8-11-17(22)12-9-16)21-19(23)13-10-15-6-4-3-5-7-15/h3-9,11-12,18,22H,2,10,13-14H2,1H3,(H,21,23)/t18-/m0/s1. The second-order valence-electron chi connectivity index (χ2n) is 5.73. The van der Waals surface area contributed by atoms with Crippen molar-refractivity contribution in [3.8, 4) is 5.75 Å². The van der Waals surface area contributed by atoms with E-state index in [2.05, 4.69) is 5.32 Å². The first-order valence-electron chi connectivity index (χ1n) is 8.36. The van der Waals surface area contributed by atoms with E-state index in [1.807, 2.05) is 30.3 Å². The number of hydrogen-bond donors (Lipinski definition) is 2. The number of carbonyl (C=O) groups is 2. The summed E-state index contributed by atoms with van der Waals surface area (Å²) in [5.41, 5.74) is 1.91. The fourth-order valence-electron chi connectivity index (χ4n) is 2.47. The van der Waals surface area contributed by atoms with Gasteiger partial charge in [-0.15, -0.1) is 0 Å². The van der Waals surface area contributed by atoms with Gasteiger partial charge in [-0.1, -0.05) is 42.5 Å². The highest BCUT2D eigenvalue weighted by Gasteiger charge is 2.22. The van der Waals surface area contributed by atoms with E-state index in [0.717, 1.165) is 11.1 Å². The fraction of sp³-hybridized carbons (Fsp3) is 0.300. The molecule has 5 nitrogen and oxygen atoms in total. The van der Waals surface area contributed by atoms with Gasteiger partial charge in [0.1, 0.15) is 11.8 Å². The van der Waals surface area contributed by atoms with Crippen LogP contribution in [0.1, 0.15) is 24.5 Å². The largest absolute Gasteiger partial charge is 0.508 e. The number of phenolic OH excluding ortho intramolecular Hbond substituents is 1. The Balaban J connectivity index is 1.96. The van der Waals surface area contributed by atoms with Crippen LogP contribution in [0.2, 0.25) is 0 Å². The average Bonchev–Trinajstić information content (AvgIpc) is 2.62. The predicted octanol–water partition coefficient (Wildman–Crippen LogP) is 2.62. The SMILES string of the molecule is CCOC(=O)[C@H](Cc1ccc(O)cc1)NC(=O)CCc1ccccc1. The first-order chi connectivity index (χ1) is 12.1. The number of aromatic hydroxyl groups is 1. The summed E-state index contributed by atoms with van der Waals surface area (Å²) in [5.74, 6) is -0.493. The summed E-state index contributed by atoms with van der Waals surface area (Å²) in [6.45, 7) is 1.98. The molecule has 0 radical (unpaired) electrons. The number of nitrogens with one attached hydrogen (secondary N) is 1. The van der Waals surface area contributed by atoms with Crippen molar-refractivity contribution >= 4 is 11.9 Å². The quantitative estimate of drug-likeness (QED) is 0.724. The number of benzene rings is 2. The number of phenols is 1. The number of esters is 1. The number of ether oxygens (including phenoxy) is 1. The summed E-state index contributed by atoms with van der Waals surface area (Å²) in [6.07, 6.45) is 1.23. The van der Waals surface area contributed by atoms with Crippen LogP contribution in [-0.4, -0.2) is 29.6 Å². The van der Waals surface area contributed by atoms with Crippen LogP contribution in [0.25, 0.3) is 0 Å². The van der Waals surface area contributed by atoms with Crippen LogP contribution in [0.15, 0.2) is 54.6 Å². The molecule has 0 spiro atoms. The van der Waals surface area contributed by atoms with Crippen molar-refractivity contribution < 1.29 is 19.4 Å². The van der Waals surface area contributed by atoms with Crippen LogP contribution in [0, 0.1) is 0 Å². The van der Waals surface area contributed by atoms with E-state index in [4.69, 9.17) is 4.74 Å². The molecule has 0 aliphatic rings. The van der Waals surface area contributed by atoms with Crippen molar-refractivity contribution in [1.29, 1.82) is 0 Å². The highest BCUT2D eigenvalue weighted by atomic mass is 16.5. The Kier molecular flexibility index (Phi) is 7.01. The minimum atomic E-state index is -0.743. The molecule has 2 N–H and O–H groups in total. The fourth-order valence-corrected chi connectivity index (χ4v) is 2.47. The lowest BCUT2D eigenvalue weighted by molar-refractivity contribution is -0.147. The molecule has 0 fully saturated rings. The van der Waals surface area contributed by atoms with Gasteiger partial charge < -0.3 is 15.2 Å². The third-order valence-electron chi connectivity index (χ3n) is 3.77. The van der Waals surface area contributed by atoms with Gasteiger partial charge in [0.15, 0.2) is 0 Å². The van der Waals surface area contributed by atoms with Gasteiger partial charge in [-0.25, -0.2) is 4.79 Å². The molecule has 5 heteroatoms. The summed E-state index contributed by atoms with van der Waals surface area (Å²) in [7, 11) is 0. The lowest BCUT2D eigenvalue weighted by atomic mass is 10.0. The maximum Gasteiger partial charge on any atom is 0.328 e. The number of rotatable bonds is 8. The van der Waals surface area contributed by atoms with Crippen molar-refractivity contribution in [2.24, 2.45) is 0 Å². The molecule has 2 rings (SSSR count). The Morgan fingerprint density at radius 1 is 1.04 bits per heavy atom. The molecule has 0 aliphatic heterocycles. The number of carbonyl (C=O) groups excluding carboxylic acids is 2. The molecular formula is C20H23NO4. The van der Waals surface area contributed by atoms with Crippen LogP contribution in [-0.2, 0) is 27.2 Å². The average molecular weight is 341 g/mol. The van der Waals surface area contributed by atoms with Crippen LogP contribution in [0.5, 0.6) is 5.75 Å². The van der Waals surface area contributed by atoms with Crippen LogP contribution in [0.4, 0.5) is 0 Å². The Bertz CT molecular complexity index is 683. The molecule has 0 aliphatic carbocycles. The zero-order valence-electron chi connectivity index (χ0n) is 14.3.